The number of nitrogens with one attached hydrogen (secondary N) is 1. The van der Waals surface area contributed by atoms with Crippen LogP contribution in [0.3, 0.4) is 0 Å². The van der Waals surface area contributed by atoms with Crippen LogP contribution in [0.1, 0.15) is 30.0 Å². The summed E-state index contributed by atoms with van der Waals surface area (Å²) in [5, 5.41) is 3.63. The number of ether oxygens (including phenoxy) is 1. The second kappa shape index (κ2) is 5.46. The monoisotopic (exact) mass is 219 g/mol. The van der Waals surface area contributed by atoms with Gasteiger partial charge in [0.05, 0.1) is 6.61 Å². The average molecular weight is 219 g/mol. The van der Waals surface area contributed by atoms with E-state index in [2.05, 4.69) is 36.5 Å². The summed E-state index contributed by atoms with van der Waals surface area (Å²) in [6.07, 6.45) is 2.52. The summed E-state index contributed by atoms with van der Waals surface area (Å²) in [6, 6.07) is 9.13. The molecule has 1 aromatic rings. The van der Waals surface area contributed by atoms with Crippen LogP contribution in [-0.2, 0) is 4.74 Å². The zero-order valence-electron chi connectivity index (χ0n) is 10.2. The van der Waals surface area contributed by atoms with Crippen molar-refractivity contribution in [1.29, 1.82) is 0 Å². The molecule has 0 saturated carbocycles. The number of methoxy groups -OCH3 is 1. The summed E-state index contributed by atoms with van der Waals surface area (Å²) in [5.74, 6) is 0.611. The third-order valence-electron chi connectivity index (χ3n) is 3.49. The highest BCUT2D eigenvalue weighted by molar-refractivity contribution is 5.29. The van der Waals surface area contributed by atoms with Crippen molar-refractivity contribution in [1.82, 2.24) is 5.32 Å². The number of piperidine rings is 1. The van der Waals surface area contributed by atoms with E-state index in [1.54, 1.807) is 7.11 Å². The fourth-order valence-electron chi connectivity index (χ4n) is 2.65. The molecule has 88 valence electrons. The quantitative estimate of drug-likeness (QED) is 0.844. The lowest BCUT2D eigenvalue weighted by Crippen LogP contribution is -2.36. The molecule has 1 saturated heterocycles. The molecule has 1 N–H and O–H groups in total. The van der Waals surface area contributed by atoms with Crippen LogP contribution in [0.25, 0.3) is 0 Å². The summed E-state index contributed by atoms with van der Waals surface area (Å²) in [6.45, 7) is 4.17. The van der Waals surface area contributed by atoms with Gasteiger partial charge in [-0.3, -0.25) is 0 Å². The second-order valence-electron chi connectivity index (χ2n) is 4.65. The van der Waals surface area contributed by atoms with Crippen molar-refractivity contribution < 1.29 is 4.74 Å². The first-order chi connectivity index (χ1) is 7.83. The van der Waals surface area contributed by atoms with E-state index in [1.165, 1.54) is 24.0 Å². The molecular weight excluding hydrogens is 198 g/mol. The lowest BCUT2D eigenvalue weighted by Gasteiger charge is -2.33. The van der Waals surface area contributed by atoms with E-state index in [9.17, 15) is 0 Å². The standard InChI is InChI=1S/C14H21NO/c1-11-6-3-4-8-13(11)14-12(10-16-2)7-5-9-15-14/h3-4,6,8,12,14-15H,5,7,9-10H2,1-2H3. The van der Waals surface area contributed by atoms with Crippen LogP contribution in [0.4, 0.5) is 0 Å². The minimum Gasteiger partial charge on any atom is -0.384 e. The van der Waals surface area contributed by atoms with Gasteiger partial charge in [0.15, 0.2) is 0 Å². The van der Waals surface area contributed by atoms with Gasteiger partial charge in [-0.05, 0) is 37.4 Å². The maximum Gasteiger partial charge on any atom is 0.0508 e. The van der Waals surface area contributed by atoms with Gasteiger partial charge < -0.3 is 10.1 Å². The molecular formula is C14H21NO. The van der Waals surface area contributed by atoms with Gasteiger partial charge >= 0.3 is 0 Å². The Hall–Kier alpha value is -0.860. The van der Waals surface area contributed by atoms with Gasteiger partial charge in [0.1, 0.15) is 0 Å². The lowest BCUT2D eigenvalue weighted by atomic mass is 9.85. The Morgan fingerprint density at radius 3 is 2.94 bits per heavy atom. The SMILES string of the molecule is COCC1CCCNC1c1ccccc1C. The normalized spacial score (nSPS) is 25.6. The van der Waals surface area contributed by atoms with E-state index in [0.717, 1.165) is 13.2 Å². The van der Waals surface area contributed by atoms with Crippen LogP contribution in [-0.4, -0.2) is 20.3 Å². The number of benzene rings is 1. The molecule has 1 fully saturated rings. The van der Waals surface area contributed by atoms with Crippen molar-refractivity contribution in [3.63, 3.8) is 0 Å². The van der Waals surface area contributed by atoms with Crippen molar-refractivity contribution in [2.45, 2.75) is 25.8 Å². The number of hydrogen-bond acceptors (Lipinski definition) is 2. The van der Waals surface area contributed by atoms with E-state index in [-0.39, 0.29) is 0 Å². The molecule has 2 nitrogen and oxygen atoms in total. The zero-order valence-corrected chi connectivity index (χ0v) is 10.2. The highest BCUT2D eigenvalue weighted by atomic mass is 16.5. The fraction of sp³-hybridized carbons (Fsp3) is 0.571. The van der Waals surface area contributed by atoms with Gasteiger partial charge in [-0.25, -0.2) is 0 Å². The summed E-state index contributed by atoms with van der Waals surface area (Å²) >= 11 is 0. The molecule has 1 aliphatic heterocycles. The molecule has 1 heterocycles. The zero-order chi connectivity index (χ0) is 11.4. The molecule has 0 aliphatic carbocycles. The van der Waals surface area contributed by atoms with E-state index in [4.69, 9.17) is 4.74 Å². The fourth-order valence-corrected chi connectivity index (χ4v) is 2.65. The molecule has 2 atom stereocenters. The number of rotatable bonds is 3. The maximum atomic E-state index is 5.33. The van der Waals surface area contributed by atoms with Gasteiger partial charge in [0, 0.05) is 19.1 Å². The van der Waals surface area contributed by atoms with Gasteiger partial charge in [0.2, 0.25) is 0 Å². The Bertz CT molecular complexity index is 335. The third-order valence-corrected chi connectivity index (χ3v) is 3.49. The molecule has 0 amide bonds. The second-order valence-corrected chi connectivity index (χ2v) is 4.65. The molecule has 2 heteroatoms. The maximum absolute atomic E-state index is 5.33. The molecule has 1 aromatic carbocycles. The van der Waals surface area contributed by atoms with Crippen LogP contribution >= 0.6 is 0 Å². The summed E-state index contributed by atoms with van der Waals surface area (Å²) < 4.78 is 5.33. The molecule has 16 heavy (non-hydrogen) atoms. The number of aryl methyl sites for hydroxylation is 1. The van der Waals surface area contributed by atoms with Crippen molar-refractivity contribution in [2.24, 2.45) is 5.92 Å². The van der Waals surface area contributed by atoms with Crippen molar-refractivity contribution in [3.8, 4) is 0 Å². The summed E-state index contributed by atoms with van der Waals surface area (Å²) in [5.41, 5.74) is 2.81. The lowest BCUT2D eigenvalue weighted by molar-refractivity contribution is 0.112. The van der Waals surface area contributed by atoms with Crippen LogP contribution in [0.15, 0.2) is 24.3 Å². The molecule has 0 aromatic heterocycles. The largest absolute Gasteiger partial charge is 0.384 e. The Morgan fingerprint density at radius 2 is 2.19 bits per heavy atom. The minimum absolute atomic E-state index is 0.467. The molecule has 0 bridgehead atoms. The van der Waals surface area contributed by atoms with Crippen LogP contribution in [0.5, 0.6) is 0 Å². The average Bonchev–Trinajstić information content (AvgIpc) is 2.31. The predicted molar refractivity (Wildman–Crippen MR) is 66.5 cm³/mol. The number of hydrogen-bond donors (Lipinski definition) is 1. The van der Waals surface area contributed by atoms with E-state index < -0.39 is 0 Å². The predicted octanol–water partition coefficient (Wildman–Crippen LogP) is 2.68. The van der Waals surface area contributed by atoms with Crippen molar-refractivity contribution in [3.05, 3.63) is 35.4 Å². The first-order valence-corrected chi connectivity index (χ1v) is 6.11. The van der Waals surface area contributed by atoms with Gasteiger partial charge in [-0.2, -0.15) is 0 Å². The van der Waals surface area contributed by atoms with Gasteiger partial charge in [-0.1, -0.05) is 24.3 Å². The Balaban J connectivity index is 2.19. The Kier molecular flexibility index (Phi) is 3.97. The topological polar surface area (TPSA) is 21.3 Å². The molecule has 2 unspecified atom stereocenters. The van der Waals surface area contributed by atoms with Crippen LogP contribution in [0.2, 0.25) is 0 Å². The first kappa shape index (κ1) is 11.6. The Labute approximate surface area is 98.0 Å². The summed E-state index contributed by atoms with van der Waals surface area (Å²) in [7, 11) is 1.80. The molecule has 0 radical (unpaired) electrons. The highest BCUT2D eigenvalue weighted by Crippen LogP contribution is 2.31. The van der Waals surface area contributed by atoms with E-state index in [1.807, 2.05) is 0 Å². The first-order valence-electron chi connectivity index (χ1n) is 6.11. The highest BCUT2D eigenvalue weighted by Gasteiger charge is 2.26. The molecule has 2 rings (SSSR count). The molecule has 1 aliphatic rings. The van der Waals surface area contributed by atoms with Crippen LogP contribution in [0, 0.1) is 12.8 Å². The minimum atomic E-state index is 0.467. The Morgan fingerprint density at radius 1 is 1.38 bits per heavy atom. The van der Waals surface area contributed by atoms with Gasteiger partial charge in [0.25, 0.3) is 0 Å². The van der Waals surface area contributed by atoms with E-state index in [0.29, 0.717) is 12.0 Å². The van der Waals surface area contributed by atoms with Gasteiger partial charge in [-0.15, -0.1) is 0 Å². The smallest absolute Gasteiger partial charge is 0.0508 e. The van der Waals surface area contributed by atoms with E-state index >= 15 is 0 Å². The van der Waals surface area contributed by atoms with Crippen molar-refractivity contribution in [2.75, 3.05) is 20.3 Å². The van der Waals surface area contributed by atoms with Crippen molar-refractivity contribution >= 4 is 0 Å². The third kappa shape index (κ3) is 2.45. The summed E-state index contributed by atoms with van der Waals surface area (Å²) in [4.78, 5) is 0. The molecule has 0 spiro atoms. The van der Waals surface area contributed by atoms with Crippen LogP contribution < -0.4 is 5.32 Å².